The van der Waals surface area contributed by atoms with E-state index in [-0.39, 0.29) is 6.54 Å². The Kier molecular flexibility index (Phi) is 7.18. The molecule has 0 aliphatic rings. The minimum absolute atomic E-state index is 0.146. The summed E-state index contributed by atoms with van der Waals surface area (Å²) in [4.78, 5) is 23.5. The van der Waals surface area contributed by atoms with E-state index >= 15 is 0 Å². The van der Waals surface area contributed by atoms with E-state index in [1.165, 1.54) is 5.48 Å². The van der Waals surface area contributed by atoms with Gasteiger partial charge in [-0.2, -0.15) is 0 Å². The maximum absolute atomic E-state index is 12.1. The summed E-state index contributed by atoms with van der Waals surface area (Å²) in [6.45, 7) is 1.78. The second-order valence-electron chi connectivity index (χ2n) is 5.89. The number of rotatable bonds is 4. The smallest absolute Gasteiger partial charge is 0.267 e. The van der Waals surface area contributed by atoms with Crippen molar-refractivity contribution in [1.29, 1.82) is 0 Å². The van der Waals surface area contributed by atoms with Crippen LogP contribution in [0.15, 0.2) is 42.5 Å². The first-order valence-corrected chi connectivity index (χ1v) is 8.37. The van der Waals surface area contributed by atoms with Crippen molar-refractivity contribution < 1.29 is 14.8 Å². The second-order valence-corrected chi connectivity index (χ2v) is 5.89. The summed E-state index contributed by atoms with van der Waals surface area (Å²) in [5.74, 6) is 10.0. The molecular weight excluding hydrogens is 356 g/mol. The molecule has 2 rings (SSSR count). The van der Waals surface area contributed by atoms with Crippen LogP contribution in [0.3, 0.4) is 0 Å². The zero-order valence-electron chi connectivity index (χ0n) is 15.2. The molecule has 0 unspecified atom stereocenters. The van der Waals surface area contributed by atoms with Gasteiger partial charge in [0.05, 0.1) is 0 Å². The van der Waals surface area contributed by atoms with Crippen molar-refractivity contribution in [1.82, 2.24) is 10.8 Å². The molecule has 28 heavy (non-hydrogen) atoms. The number of hydrogen-bond acceptors (Lipinski definition) is 5. The van der Waals surface area contributed by atoms with Gasteiger partial charge in [0.25, 0.3) is 11.8 Å². The minimum Gasteiger partial charge on any atom is -0.398 e. The third-order valence-corrected chi connectivity index (χ3v) is 3.87. The number of hydroxylamine groups is 1. The second kappa shape index (κ2) is 9.79. The molecule has 0 bridgehead atoms. The fraction of sp³-hybridized carbons (Fsp3) is 0.143. The molecule has 0 aliphatic carbocycles. The number of carbonyl (C=O) groups is 2. The Balaban J connectivity index is 2.03. The summed E-state index contributed by atoms with van der Waals surface area (Å²) in [7, 11) is 0. The van der Waals surface area contributed by atoms with E-state index in [1.54, 1.807) is 30.3 Å². The summed E-state index contributed by atoms with van der Waals surface area (Å²) in [5.41, 5.74) is 16.2. The van der Waals surface area contributed by atoms with Gasteiger partial charge in [0.2, 0.25) is 0 Å². The molecule has 7 heteroatoms. The van der Waals surface area contributed by atoms with Crippen molar-refractivity contribution in [2.75, 3.05) is 12.3 Å². The quantitative estimate of drug-likeness (QED) is 0.230. The molecule has 0 radical (unpaired) electrons. The first-order chi connectivity index (χ1) is 13.4. The zero-order valence-corrected chi connectivity index (χ0v) is 15.2. The average molecular weight is 376 g/mol. The van der Waals surface area contributed by atoms with E-state index in [9.17, 15) is 9.59 Å². The van der Waals surface area contributed by atoms with Gasteiger partial charge in [-0.25, -0.2) is 5.48 Å². The van der Waals surface area contributed by atoms with Crippen molar-refractivity contribution >= 4 is 17.5 Å². The molecule has 2 amide bonds. The lowest BCUT2D eigenvalue weighted by atomic mass is 10.1. The topological polar surface area (TPSA) is 130 Å². The number of benzene rings is 2. The van der Waals surface area contributed by atoms with Gasteiger partial charge in [0.15, 0.2) is 0 Å². The maximum atomic E-state index is 12.1. The molecule has 0 aliphatic heterocycles. The van der Waals surface area contributed by atoms with Crippen LogP contribution >= 0.6 is 0 Å². The lowest BCUT2D eigenvalue weighted by molar-refractivity contribution is -0.130. The molecule has 2 aromatic carbocycles. The number of nitrogens with one attached hydrogen (secondary N) is 2. The van der Waals surface area contributed by atoms with Crippen LogP contribution in [0.25, 0.3) is 0 Å². The van der Waals surface area contributed by atoms with E-state index in [4.69, 9.17) is 16.7 Å². The normalized spacial score (nSPS) is 10.5. The van der Waals surface area contributed by atoms with Crippen LogP contribution in [0.4, 0.5) is 5.69 Å². The van der Waals surface area contributed by atoms with Gasteiger partial charge in [0.1, 0.15) is 6.04 Å². The molecule has 0 heterocycles. The number of anilines is 1. The fourth-order valence-corrected chi connectivity index (χ4v) is 2.18. The Hall–Kier alpha value is -3.78. The molecule has 0 saturated heterocycles. The van der Waals surface area contributed by atoms with Crippen LogP contribution in [0.2, 0.25) is 0 Å². The van der Waals surface area contributed by atoms with E-state index in [1.807, 2.05) is 19.1 Å². The van der Waals surface area contributed by atoms with Crippen LogP contribution < -0.4 is 22.3 Å². The summed E-state index contributed by atoms with van der Waals surface area (Å²) in [6.07, 6.45) is 0. The number of amides is 2. The van der Waals surface area contributed by atoms with Crippen LogP contribution in [-0.4, -0.2) is 29.6 Å². The monoisotopic (exact) mass is 376 g/mol. The van der Waals surface area contributed by atoms with Crippen molar-refractivity contribution in [3.63, 3.8) is 0 Å². The Bertz CT molecular complexity index is 992. The highest BCUT2D eigenvalue weighted by Crippen LogP contribution is 2.11. The van der Waals surface area contributed by atoms with Gasteiger partial charge in [-0.05, 0) is 60.7 Å². The van der Waals surface area contributed by atoms with Crippen LogP contribution in [0.5, 0.6) is 0 Å². The Morgan fingerprint density at radius 3 is 2.25 bits per heavy atom. The lowest BCUT2D eigenvalue weighted by Gasteiger charge is -2.14. The predicted molar refractivity (Wildman–Crippen MR) is 106 cm³/mol. The van der Waals surface area contributed by atoms with Crippen molar-refractivity contribution in [3.8, 4) is 23.7 Å². The molecular formula is C21H20N4O3. The predicted octanol–water partition coefficient (Wildman–Crippen LogP) is 0.543. The van der Waals surface area contributed by atoms with Crippen molar-refractivity contribution in [3.05, 3.63) is 64.7 Å². The van der Waals surface area contributed by atoms with Gasteiger partial charge in [-0.3, -0.25) is 14.8 Å². The van der Waals surface area contributed by atoms with Crippen LogP contribution in [0, 0.1) is 30.6 Å². The van der Waals surface area contributed by atoms with Gasteiger partial charge in [-0.15, -0.1) is 0 Å². The summed E-state index contributed by atoms with van der Waals surface area (Å²) < 4.78 is 0. The van der Waals surface area contributed by atoms with Crippen molar-refractivity contribution in [2.24, 2.45) is 5.73 Å². The average Bonchev–Trinajstić information content (AvgIpc) is 2.71. The molecule has 0 saturated carbocycles. The molecule has 1 atom stereocenters. The number of carbonyl (C=O) groups excluding carboxylic acids is 2. The SMILES string of the molecule is Cc1ccc(C#CC#Cc2ccc(C(=O)N[C@@H](CN)C(=O)NO)cc2)cc1N. The molecule has 142 valence electrons. The largest absolute Gasteiger partial charge is 0.398 e. The number of aryl methyl sites for hydroxylation is 1. The molecule has 0 fully saturated rings. The minimum atomic E-state index is -1.02. The lowest BCUT2D eigenvalue weighted by Crippen LogP contribution is -2.50. The van der Waals surface area contributed by atoms with Gasteiger partial charge in [-0.1, -0.05) is 17.9 Å². The third kappa shape index (κ3) is 5.61. The molecule has 0 spiro atoms. The Labute approximate surface area is 163 Å². The molecule has 7 N–H and O–H groups in total. The van der Waals surface area contributed by atoms with E-state index in [0.29, 0.717) is 16.8 Å². The fourth-order valence-electron chi connectivity index (χ4n) is 2.18. The van der Waals surface area contributed by atoms with E-state index < -0.39 is 17.9 Å². The standard InChI is InChI=1S/C21H20N4O3/c1-14-6-7-16(12-18(14)23)5-3-2-4-15-8-10-17(11-9-15)20(26)24-19(13-22)21(27)25-28/h6-12,19,28H,13,22-23H2,1H3,(H,24,26)(H,25,27)/t19-/m0/s1. The summed E-state index contributed by atoms with van der Waals surface area (Å²) >= 11 is 0. The first kappa shape index (κ1) is 20.5. The maximum Gasteiger partial charge on any atom is 0.267 e. The van der Waals surface area contributed by atoms with Crippen LogP contribution in [-0.2, 0) is 4.79 Å². The van der Waals surface area contributed by atoms with Crippen LogP contribution in [0.1, 0.15) is 27.0 Å². The summed E-state index contributed by atoms with van der Waals surface area (Å²) in [6, 6.07) is 11.0. The number of nitrogen functional groups attached to an aromatic ring is 1. The number of hydrogen-bond donors (Lipinski definition) is 5. The Morgan fingerprint density at radius 1 is 1.07 bits per heavy atom. The first-order valence-electron chi connectivity index (χ1n) is 8.37. The third-order valence-electron chi connectivity index (χ3n) is 3.87. The zero-order chi connectivity index (χ0) is 20.5. The Morgan fingerprint density at radius 2 is 1.68 bits per heavy atom. The molecule has 2 aromatic rings. The number of nitrogens with two attached hydrogens (primary N) is 2. The molecule has 7 nitrogen and oxygen atoms in total. The van der Waals surface area contributed by atoms with Crippen molar-refractivity contribution in [2.45, 2.75) is 13.0 Å². The summed E-state index contributed by atoms with van der Waals surface area (Å²) in [5, 5.41) is 11.0. The highest BCUT2D eigenvalue weighted by molar-refractivity contribution is 5.97. The van der Waals surface area contributed by atoms with Gasteiger partial charge in [0, 0.05) is 28.9 Å². The highest BCUT2D eigenvalue weighted by Gasteiger charge is 2.19. The van der Waals surface area contributed by atoms with E-state index in [2.05, 4.69) is 29.0 Å². The van der Waals surface area contributed by atoms with Gasteiger partial charge < -0.3 is 16.8 Å². The van der Waals surface area contributed by atoms with E-state index in [0.717, 1.165) is 11.1 Å². The highest BCUT2D eigenvalue weighted by atomic mass is 16.5. The van der Waals surface area contributed by atoms with Gasteiger partial charge >= 0.3 is 0 Å². The molecule has 0 aromatic heterocycles.